The Morgan fingerprint density at radius 1 is 1.30 bits per heavy atom. The van der Waals surface area contributed by atoms with Crippen LogP contribution >= 0.6 is 24.8 Å². The number of hydrogen-bond donors (Lipinski definition) is 1. The Morgan fingerprint density at radius 3 is 2.89 bits per heavy atom. The highest BCUT2D eigenvalue weighted by Gasteiger charge is 2.32. The molecular formula is C18H24Cl2N4O3. The van der Waals surface area contributed by atoms with Crippen LogP contribution in [0.5, 0.6) is 0 Å². The van der Waals surface area contributed by atoms with E-state index in [4.69, 9.17) is 4.42 Å². The number of halogens is 2. The van der Waals surface area contributed by atoms with E-state index in [1.54, 1.807) is 11.0 Å². The Balaban J connectivity index is 0.00000131. The number of nitrogens with one attached hydrogen (secondary N) is 1. The van der Waals surface area contributed by atoms with Gasteiger partial charge in [0.15, 0.2) is 11.3 Å². The Labute approximate surface area is 170 Å². The van der Waals surface area contributed by atoms with Gasteiger partial charge in [0.05, 0.1) is 6.54 Å². The van der Waals surface area contributed by atoms with Gasteiger partial charge in [0.25, 0.3) is 5.91 Å². The molecule has 0 spiro atoms. The Hall–Kier alpha value is -1.83. The summed E-state index contributed by atoms with van der Waals surface area (Å²) < 4.78 is 5.70. The van der Waals surface area contributed by atoms with E-state index < -0.39 is 0 Å². The van der Waals surface area contributed by atoms with Crippen LogP contribution in [0.3, 0.4) is 0 Å². The highest BCUT2D eigenvalue weighted by molar-refractivity contribution is 5.95. The smallest absolute Gasteiger partial charge is 0.289 e. The topological polar surface area (TPSA) is 78.7 Å². The molecule has 2 saturated heterocycles. The number of likely N-dealkylation sites (tertiary alicyclic amines) is 1. The van der Waals surface area contributed by atoms with E-state index in [2.05, 4.69) is 10.3 Å². The van der Waals surface area contributed by atoms with Gasteiger partial charge in [-0.3, -0.25) is 9.59 Å². The molecule has 1 atom stereocenters. The summed E-state index contributed by atoms with van der Waals surface area (Å²) in [4.78, 5) is 33.1. The van der Waals surface area contributed by atoms with Crippen molar-refractivity contribution in [2.75, 3.05) is 32.7 Å². The van der Waals surface area contributed by atoms with E-state index in [9.17, 15) is 9.59 Å². The molecule has 2 amide bonds. The van der Waals surface area contributed by atoms with Crippen molar-refractivity contribution >= 4 is 47.7 Å². The lowest BCUT2D eigenvalue weighted by Gasteiger charge is -2.40. The standard InChI is InChI=1S/C18H22N4O3.2ClH/c1-12-4-5-15-14(20-12)9-16(25-15)18(24)21-7-2-3-13(11-21)22-8-6-19-10-17(22)23;;/h4-5,9,13,19H,2-3,6-8,10-11H2,1H3;2*1H. The molecule has 4 heterocycles. The summed E-state index contributed by atoms with van der Waals surface area (Å²) in [5, 5.41) is 3.09. The lowest BCUT2D eigenvalue weighted by Crippen LogP contribution is -2.57. The van der Waals surface area contributed by atoms with Crippen molar-refractivity contribution in [3.05, 3.63) is 29.7 Å². The van der Waals surface area contributed by atoms with E-state index in [0.29, 0.717) is 43.0 Å². The first kappa shape index (κ1) is 21.5. The molecule has 2 aromatic heterocycles. The molecule has 0 radical (unpaired) electrons. The number of rotatable bonds is 2. The van der Waals surface area contributed by atoms with Crippen LogP contribution in [0.15, 0.2) is 22.6 Å². The molecule has 9 heteroatoms. The molecule has 2 fully saturated rings. The monoisotopic (exact) mass is 414 g/mol. The summed E-state index contributed by atoms with van der Waals surface area (Å²) in [7, 11) is 0. The summed E-state index contributed by atoms with van der Waals surface area (Å²) in [6.07, 6.45) is 1.83. The summed E-state index contributed by atoms with van der Waals surface area (Å²) >= 11 is 0. The molecule has 2 aliphatic rings. The lowest BCUT2D eigenvalue weighted by atomic mass is 10.0. The highest BCUT2D eigenvalue weighted by Crippen LogP contribution is 2.22. The number of aromatic nitrogens is 1. The van der Waals surface area contributed by atoms with Crippen molar-refractivity contribution < 1.29 is 14.0 Å². The maximum Gasteiger partial charge on any atom is 0.289 e. The van der Waals surface area contributed by atoms with Crippen LogP contribution in [-0.4, -0.2) is 65.4 Å². The minimum absolute atomic E-state index is 0. The molecule has 4 rings (SSSR count). The molecule has 0 saturated carbocycles. The summed E-state index contributed by atoms with van der Waals surface area (Å²) in [6, 6.07) is 5.52. The number of piperidine rings is 1. The van der Waals surface area contributed by atoms with Gasteiger partial charge in [-0.25, -0.2) is 4.98 Å². The molecule has 1 unspecified atom stereocenters. The van der Waals surface area contributed by atoms with Crippen molar-refractivity contribution in [1.29, 1.82) is 0 Å². The van der Waals surface area contributed by atoms with Crippen LogP contribution in [0.2, 0.25) is 0 Å². The van der Waals surface area contributed by atoms with Crippen LogP contribution in [0.4, 0.5) is 0 Å². The zero-order valence-electron chi connectivity index (χ0n) is 15.1. The van der Waals surface area contributed by atoms with Crippen molar-refractivity contribution in [2.24, 2.45) is 0 Å². The van der Waals surface area contributed by atoms with Crippen LogP contribution in [0.25, 0.3) is 11.1 Å². The van der Waals surface area contributed by atoms with E-state index in [1.807, 2.05) is 24.0 Å². The summed E-state index contributed by atoms with van der Waals surface area (Å²) in [5.74, 6) is 0.317. The predicted molar refractivity (Wildman–Crippen MR) is 107 cm³/mol. The molecule has 7 nitrogen and oxygen atoms in total. The van der Waals surface area contributed by atoms with Crippen molar-refractivity contribution in [3.8, 4) is 0 Å². The van der Waals surface area contributed by atoms with Crippen molar-refractivity contribution in [3.63, 3.8) is 0 Å². The van der Waals surface area contributed by atoms with E-state index in [-0.39, 0.29) is 42.7 Å². The minimum atomic E-state index is -0.122. The molecule has 1 N–H and O–H groups in total. The van der Waals surface area contributed by atoms with Gasteiger partial charge in [-0.1, -0.05) is 0 Å². The summed E-state index contributed by atoms with van der Waals surface area (Å²) in [6.45, 7) is 5.07. The SMILES string of the molecule is Cc1ccc2oc(C(=O)N3CCCC(N4CCNCC4=O)C3)cc2n1.Cl.Cl. The average molecular weight is 415 g/mol. The minimum Gasteiger partial charge on any atom is -0.449 e. The third-order valence-corrected chi connectivity index (χ3v) is 4.97. The second kappa shape index (κ2) is 8.91. The third-order valence-electron chi connectivity index (χ3n) is 4.97. The number of carbonyl (C=O) groups excluding carboxylic acids is 2. The number of aryl methyl sites for hydroxylation is 1. The molecule has 0 aliphatic carbocycles. The molecule has 2 aliphatic heterocycles. The fourth-order valence-corrected chi connectivity index (χ4v) is 3.69. The van der Waals surface area contributed by atoms with Gasteiger partial charge in [-0.2, -0.15) is 0 Å². The number of fused-ring (bicyclic) bond motifs is 1. The zero-order valence-corrected chi connectivity index (χ0v) is 16.8. The number of carbonyl (C=O) groups is 2. The zero-order chi connectivity index (χ0) is 17.4. The maximum absolute atomic E-state index is 12.9. The first-order valence-electron chi connectivity index (χ1n) is 8.78. The number of piperazine rings is 1. The van der Waals surface area contributed by atoms with Crippen LogP contribution < -0.4 is 5.32 Å². The van der Waals surface area contributed by atoms with Gasteiger partial charge in [-0.15, -0.1) is 24.8 Å². The first-order chi connectivity index (χ1) is 12.1. The van der Waals surface area contributed by atoms with Crippen LogP contribution in [0.1, 0.15) is 29.1 Å². The van der Waals surface area contributed by atoms with E-state index in [1.165, 1.54) is 0 Å². The number of nitrogens with zero attached hydrogens (tertiary/aromatic N) is 3. The molecule has 2 aromatic rings. The molecular weight excluding hydrogens is 391 g/mol. The average Bonchev–Trinajstić information content (AvgIpc) is 3.04. The van der Waals surface area contributed by atoms with Gasteiger partial charge < -0.3 is 19.5 Å². The Bertz CT molecular complexity index is 826. The maximum atomic E-state index is 12.9. The van der Waals surface area contributed by atoms with Gasteiger partial charge >= 0.3 is 0 Å². The van der Waals surface area contributed by atoms with Gasteiger partial charge in [-0.05, 0) is 31.9 Å². The molecule has 0 aromatic carbocycles. The number of amides is 2. The van der Waals surface area contributed by atoms with E-state index in [0.717, 1.165) is 25.1 Å². The fraction of sp³-hybridized carbons (Fsp3) is 0.500. The summed E-state index contributed by atoms with van der Waals surface area (Å²) in [5.41, 5.74) is 2.22. The predicted octanol–water partition coefficient (Wildman–Crippen LogP) is 2.02. The Morgan fingerprint density at radius 2 is 2.11 bits per heavy atom. The van der Waals surface area contributed by atoms with Gasteiger partial charge in [0.1, 0.15) is 5.52 Å². The number of pyridine rings is 1. The lowest BCUT2D eigenvalue weighted by molar-refractivity contribution is -0.135. The molecule has 148 valence electrons. The van der Waals surface area contributed by atoms with Gasteiger partial charge in [0.2, 0.25) is 5.91 Å². The van der Waals surface area contributed by atoms with Crippen molar-refractivity contribution in [1.82, 2.24) is 20.1 Å². The number of hydrogen-bond acceptors (Lipinski definition) is 5. The van der Waals surface area contributed by atoms with Crippen molar-refractivity contribution in [2.45, 2.75) is 25.8 Å². The van der Waals surface area contributed by atoms with E-state index >= 15 is 0 Å². The van der Waals surface area contributed by atoms with Crippen LogP contribution in [0, 0.1) is 6.92 Å². The molecule has 0 bridgehead atoms. The van der Waals surface area contributed by atoms with Crippen LogP contribution in [-0.2, 0) is 4.79 Å². The number of furan rings is 1. The second-order valence-corrected chi connectivity index (χ2v) is 6.76. The second-order valence-electron chi connectivity index (χ2n) is 6.76. The first-order valence-corrected chi connectivity index (χ1v) is 8.78. The normalized spacial score (nSPS) is 20.2. The Kier molecular flexibility index (Phi) is 7.08. The van der Waals surface area contributed by atoms with Gasteiger partial charge in [0, 0.05) is 44.0 Å². The molecule has 27 heavy (non-hydrogen) atoms. The quantitative estimate of drug-likeness (QED) is 0.812. The fourth-order valence-electron chi connectivity index (χ4n) is 3.69. The largest absolute Gasteiger partial charge is 0.449 e. The highest BCUT2D eigenvalue weighted by atomic mass is 35.5. The third kappa shape index (κ3) is 4.36.